The van der Waals surface area contributed by atoms with E-state index in [-0.39, 0.29) is 28.8 Å². The first-order valence-electron chi connectivity index (χ1n) is 10.8. The highest BCUT2D eigenvalue weighted by Gasteiger charge is 2.48. The van der Waals surface area contributed by atoms with E-state index in [4.69, 9.17) is 16.6 Å². The number of sulfonamides is 1. The normalized spacial score (nSPS) is 19.4. The molecule has 1 saturated carbocycles. The molecule has 3 aromatic rings. The number of aryl methyl sites for hydroxylation is 1. The molecule has 0 radical (unpaired) electrons. The Kier molecular flexibility index (Phi) is 7.19. The molecule has 1 aromatic carbocycles. The number of benzene rings is 1. The van der Waals surface area contributed by atoms with Crippen LogP contribution in [0.1, 0.15) is 46.4 Å². The molecule has 0 spiro atoms. The summed E-state index contributed by atoms with van der Waals surface area (Å²) in [5, 5.41) is 9.41. The Labute approximate surface area is 209 Å². The highest BCUT2D eigenvalue weighted by atomic mass is 35.5. The third-order valence-corrected chi connectivity index (χ3v) is 9.44. The summed E-state index contributed by atoms with van der Waals surface area (Å²) in [6, 6.07) is 8.43. The van der Waals surface area contributed by atoms with Crippen molar-refractivity contribution in [1.82, 2.24) is 24.8 Å². The Morgan fingerprint density at radius 1 is 1.30 bits per heavy atom. The monoisotopic (exact) mass is 527 g/mol. The summed E-state index contributed by atoms with van der Waals surface area (Å²) in [5.74, 6) is 0. The van der Waals surface area contributed by atoms with Crippen molar-refractivity contribution in [2.45, 2.75) is 48.5 Å². The lowest BCUT2D eigenvalue weighted by atomic mass is 9.59. The van der Waals surface area contributed by atoms with Gasteiger partial charge in [-0.2, -0.15) is 5.10 Å². The Morgan fingerprint density at radius 3 is 2.70 bits per heavy atom. The van der Waals surface area contributed by atoms with Crippen LogP contribution in [0.3, 0.4) is 0 Å². The van der Waals surface area contributed by atoms with Gasteiger partial charge in [-0.1, -0.05) is 30.2 Å². The van der Waals surface area contributed by atoms with Gasteiger partial charge >= 0.3 is 0 Å². The van der Waals surface area contributed by atoms with Crippen LogP contribution in [0.5, 0.6) is 0 Å². The van der Waals surface area contributed by atoms with Crippen molar-refractivity contribution < 1.29 is 8.42 Å². The number of hydrogen-bond acceptors (Lipinski definition) is 6. The fourth-order valence-corrected chi connectivity index (χ4v) is 7.05. The van der Waals surface area contributed by atoms with Crippen LogP contribution < -0.4 is 10.0 Å². The molecule has 0 amide bonds. The maximum absolute atomic E-state index is 12.4. The molecule has 1 fully saturated rings. The molecule has 1 atom stereocenters. The van der Waals surface area contributed by atoms with E-state index >= 15 is 0 Å². The van der Waals surface area contributed by atoms with Gasteiger partial charge in [-0.15, -0.1) is 23.7 Å². The first-order valence-corrected chi connectivity index (χ1v) is 13.5. The fraction of sp³-hybridized carbons (Fsp3) is 0.455. The van der Waals surface area contributed by atoms with Gasteiger partial charge in [0.2, 0.25) is 10.0 Å². The zero-order valence-corrected chi connectivity index (χ0v) is 21.5. The van der Waals surface area contributed by atoms with E-state index in [1.807, 2.05) is 12.1 Å². The molecule has 1 aliphatic carbocycles. The van der Waals surface area contributed by atoms with Gasteiger partial charge < -0.3 is 5.32 Å². The zero-order chi connectivity index (χ0) is 22.3. The molecule has 2 N–H and O–H groups in total. The number of hydrogen-bond donors (Lipinski definition) is 2. The first kappa shape index (κ1) is 24.6. The standard InChI is InChI=1S/C22H26ClN5O2S2.ClH/c1-28-14-17(13-25-28)32(29,30)26-12-8-19-27-20-18(31-19)7-11-24-21(20)22(9-2-10-22)15-3-5-16(23)6-4-15;/h3-6,13-14,21,24,26H,2,7-12H2,1H3;1H. The lowest BCUT2D eigenvalue weighted by Gasteiger charge is -2.49. The lowest BCUT2D eigenvalue weighted by Crippen LogP contribution is -2.49. The minimum absolute atomic E-state index is 0. The third kappa shape index (κ3) is 4.72. The van der Waals surface area contributed by atoms with E-state index in [0.717, 1.165) is 41.5 Å². The van der Waals surface area contributed by atoms with E-state index in [2.05, 4.69) is 27.3 Å². The molecular weight excluding hydrogens is 501 g/mol. The molecule has 0 saturated heterocycles. The van der Waals surface area contributed by atoms with Crippen LogP contribution in [0.25, 0.3) is 0 Å². The summed E-state index contributed by atoms with van der Waals surface area (Å²) in [4.78, 5) is 6.50. The second kappa shape index (κ2) is 9.64. The predicted molar refractivity (Wildman–Crippen MR) is 133 cm³/mol. The zero-order valence-electron chi connectivity index (χ0n) is 18.3. The van der Waals surface area contributed by atoms with Gasteiger partial charge in [-0.25, -0.2) is 18.1 Å². The quantitative estimate of drug-likeness (QED) is 0.487. The smallest absolute Gasteiger partial charge is 0.243 e. The van der Waals surface area contributed by atoms with E-state index in [0.29, 0.717) is 13.0 Å². The second-order valence-corrected chi connectivity index (χ2v) is 11.9. The molecule has 2 aliphatic rings. The molecular formula is C22H27Cl2N5O2S2. The van der Waals surface area contributed by atoms with Crippen LogP contribution in [-0.4, -0.2) is 36.3 Å². The van der Waals surface area contributed by atoms with Crippen LogP contribution in [0.15, 0.2) is 41.6 Å². The predicted octanol–water partition coefficient (Wildman–Crippen LogP) is 3.78. The molecule has 2 aromatic heterocycles. The van der Waals surface area contributed by atoms with E-state index < -0.39 is 10.0 Å². The fourth-order valence-electron chi connectivity index (χ4n) is 4.81. The van der Waals surface area contributed by atoms with Crippen LogP contribution in [0, 0.1) is 0 Å². The van der Waals surface area contributed by atoms with Gasteiger partial charge in [-0.05, 0) is 37.0 Å². The molecule has 5 rings (SSSR count). The SMILES string of the molecule is Cl.Cn1cc(S(=O)(=O)NCCc2nc3c(s2)CCNC3C2(c3ccc(Cl)cc3)CCC2)cn1. The minimum Gasteiger partial charge on any atom is -0.307 e. The molecule has 1 aliphatic heterocycles. The highest BCUT2D eigenvalue weighted by molar-refractivity contribution is 7.89. The van der Waals surface area contributed by atoms with Crippen molar-refractivity contribution in [3.63, 3.8) is 0 Å². The van der Waals surface area contributed by atoms with Crippen LogP contribution in [0.4, 0.5) is 0 Å². The van der Waals surface area contributed by atoms with Crippen molar-refractivity contribution in [3.05, 3.63) is 62.8 Å². The van der Waals surface area contributed by atoms with Gasteiger partial charge in [0.25, 0.3) is 0 Å². The Balaban J connectivity index is 0.00000259. The van der Waals surface area contributed by atoms with E-state index in [1.54, 1.807) is 18.4 Å². The van der Waals surface area contributed by atoms with Crippen molar-refractivity contribution in [2.75, 3.05) is 13.1 Å². The average molecular weight is 529 g/mol. The lowest BCUT2D eigenvalue weighted by molar-refractivity contribution is 0.162. The summed E-state index contributed by atoms with van der Waals surface area (Å²) in [5.41, 5.74) is 2.51. The highest BCUT2D eigenvalue weighted by Crippen LogP contribution is 2.53. The number of fused-ring (bicyclic) bond motifs is 1. The van der Waals surface area contributed by atoms with Crippen molar-refractivity contribution in [2.24, 2.45) is 7.05 Å². The Morgan fingerprint density at radius 2 is 2.06 bits per heavy atom. The average Bonchev–Trinajstić information content (AvgIpc) is 3.35. The summed E-state index contributed by atoms with van der Waals surface area (Å²) in [7, 11) is -1.86. The number of thiazole rings is 1. The number of aromatic nitrogens is 3. The number of nitrogens with one attached hydrogen (secondary N) is 2. The Bertz CT molecular complexity index is 1220. The molecule has 0 bridgehead atoms. The number of rotatable bonds is 7. The summed E-state index contributed by atoms with van der Waals surface area (Å²) in [6.07, 6.45) is 7.85. The van der Waals surface area contributed by atoms with E-state index in [9.17, 15) is 8.42 Å². The maximum atomic E-state index is 12.4. The summed E-state index contributed by atoms with van der Waals surface area (Å²) >= 11 is 7.85. The van der Waals surface area contributed by atoms with Crippen molar-refractivity contribution >= 4 is 45.4 Å². The molecule has 1 unspecified atom stereocenters. The number of nitrogens with zero attached hydrogens (tertiary/aromatic N) is 3. The van der Waals surface area contributed by atoms with Crippen LogP contribution in [0.2, 0.25) is 5.02 Å². The second-order valence-electron chi connectivity index (χ2n) is 8.57. The largest absolute Gasteiger partial charge is 0.307 e. The topological polar surface area (TPSA) is 88.9 Å². The molecule has 178 valence electrons. The summed E-state index contributed by atoms with van der Waals surface area (Å²) in [6.45, 7) is 1.24. The van der Waals surface area contributed by atoms with Gasteiger partial charge in [-0.3, -0.25) is 4.68 Å². The molecule has 7 nitrogen and oxygen atoms in total. The van der Waals surface area contributed by atoms with Gasteiger partial charge in [0.05, 0.1) is 22.9 Å². The third-order valence-electron chi connectivity index (χ3n) is 6.59. The van der Waals surface area contributed by atoms with E-state index in [1.165, 1.54) is 33.9 Å². The first-order chi connectivity index (χ1) is 15.4. The van der Waals surface area contributed by atoms with Gasteiger partial charge in [0.15, 0.2) is 0 Å². The van der Waals surface area contributed by atoms with Gasteiger partial charge in [0, 0.05) is 48.1 Å². The molecule has 3 heterocycles. The maximum Gasteiger partial charge on any atom is 0.243 e. The molecule has 33 heavy (non-hydrogen) atoms. The molecule has 11 heteroatoms. The number of halogens is 2. The van der Waals surface area contributed by atoms with Crippen LogP contribution >= 0.6 is 35.3 Å². The van der Waals surface area contributed by atoms with Crippen molar-refractivity contribution in [1.29, 1.82) is 0 Å². The van der Waals surface area contributed by atoms with Crippen molar-refractivity contribution in [3.8, 4) is 0 Å². The van der Waals surface area contributed by atoms with Gasteiger partial charge in [0.1, 0.15) is 4.90 Å². The Hall–Kier alpha value is -1.49. The van der Waals surface area contributed by atoms with Crippen LogP contribution in [-0.2, 0) is 35.3 Å². The minimum atomic E-state index is -3.56. The summed E-state index contributed by atoms with van der Waals surface area (Å²) < 4.78 is 29.0.